The van der Waals surface area contributed by atoms with Gasteiger partial charge in [-0.1, -0.05) is 17.3 Å². The number of nitrogens with zero attached hydrogens (tertiary/aromatic N) is 3. The van der Waals surface area contributed by atoms with Crippen molar-refractivity contribution < 1.29 is 13.7 Å². The summed E-state index contributed by atoms with van der Waals surface area (Å²) in [6, 6.07) is 15.1. The molecule has 0 unspecified atom stereocenters. The second-order valence-corrected chi connectivity index (χ2v) is 7.20. The SMILES string of the molecule is CC(C)n1c([C@H](C)NC(=O)c2cc(-c3ccc(F)cc3)no2)nc2ccccc21. The summed E-state index contributed by atoms with van der Waals surface area (Å²) in [7, 11) is 0. The molecule has 6 nitrogen and oxygen atoms in total. The molecule has 1 atom stereocenters. The van der Waals surface area contributed by atoms with E-state index in [4.69, 9.17) is 9.51 Å². The van der Waals surface area contributed by atoms with E-state index in [1.54, 1.807) is 18.2 Å². The third-order valence-electron chi connectivity index (χ3n) is 4.75. The van der Waals surface area contributed by atoms with Crippen LogP contribution < -0.4 is 5.32 Å². The fourth-order valence-electron chi connectivity index (χ4n) is 3.38. The number of para-hydroxylation sites is 2. The Morgan fingerprint density at radius 1 is 1.10 bits per heavy atom. The fraction of sp³-hybridized carbons (Fsp3) is 0.227. The summed E-state index contributed by atoms with van der Waals surface area (Å²) >= 11 is 0. The maximum atomic E-state index is 13.1. The fourth-order valence-corrected chi connectivity index (χ4v) is 3.38. The molecule has 7 heteroatoms. The topological polar surface area (TPSA) is 73.0 Å². The maximum Gasteiger partial charge on any atom is 0.290 e. The standard InChI is InChI=1S/C22H21FN4O2/c1-13(2)27-19-7-5-4-6-17(19)25-21(27)14(3)24-22(28)20-12-18(26-29-20)15-8-10-16(23)11-9-15/h4-14H,1-3H3,(H,24,28)/t14-/m0/s1. The van der Waals surface area contributed by atoms with E-state index in [0.717, 1.165) is 16.9 Å². The number of amides is 1. The summed E-state index contributed by atoms with van der Waals surface area (Å²) in [6.07, 6.45) is 0. The summed E-state index contributed by atoms with van der Waals surface area (Å²) in [5, 5.41) is 6.85. The number of rotatable bonds is 5. The van der Waals surface area contributed by atoms with Crippen LogP contribution in [0.5, 0.6) is 0 Å². The van der Waals surface area contributed by atoms with Gasteiger partial charge in [-0.3, -0.25) is 4.79 Å². The van der Waals surface area contributed by atoms with Gasteiger partial charge in [0.05, 0.1) is 17.1 Å². The number of carbonyl (C=O) groups excluding carboxylic acids is 1. The first-order valence-corrected chi connectivity index (χ1v) is 9.44. The molecule has 29 heavy (non-hydrogen) atoms. The first-order chi connectivity index (χ1) is 13.9. The van der Waals surface area contributed by atoms with Gasteiger partial charge in [-0.15, -0.1) is 0 Å². The highest BCUT2D eigenvalue weighted by atomic mass is 19.1. The molecule has 0 saturated heterocycles. The quantitative estimate of drug-likeness (QED) is 0.524. The van der Waals surface area contributed by atoms with Gasteiger partial charge >= 0.3 is 0 Å². The first-order valence-electron chi connectivity index (χ1n) is 9.44. The van der Waals surface area contributed by atoms with Crippen molar-refractivity contribution in [1.82, 2.24) is 20.0 Å². The van der Waals surface area contributed by atoms with Gasteiger partial charge in [0.2, 0.25) is 5.76 Å². The third-order valence-corrected chi connectivity index (χ3v) is 4.75. The number of hydrogen-bond acceptors (Lipinski definition) is 4. The molecule has 0 bridgehead atoms. The average molecular weight is 392 g/mol. The largest absolute Gasteiger partial charge is 0.350 e. The van der Waals surface area contributed by atoms with Crippen LogP contribution in [0.2, 0.25) is 0 Å². The lowest BCUT2D eigenvalue weighted by Crippen LogP contribution is -2.28. The van der Waals surface area contributed by atoms with E-state index >= 15 is 0 Å². The molecule has 2 aromatic carbocycles. The molecule has 0 aliphatic heterocycles. The molecule has 4 aromatic rings. The van der Waals surface area contributed by atoms with Crippen molar-refractivity contribution in [2.24, 2.45) is 0 Å². The zero-order chi connectivity index (χ0) is 20.5. The molecule has 0 spiro atoms. The minimum atomic E-state index is -0.388. The van der Waals surface area contributed by atoms with E-state index in [9.17, 15) is 9.18 Å². The first kappa shape index (κ1) is 18.9. The molecule has 0 radical (unpaired) electrons. The van der Waals surface area contributed by atoms with Gasteiger partial charge in [-0.2, -0.15) is 0 Å². The number of nitrogens with one attached hydrogen (secondary N) is 1. The van der Waals surface area contributed by atoms with Gasteiger partial charge in [0.15, 0.2) is 0 Å². The molecule has 148 valence electrons. The lowest BCUT2D eigenvalue weighted by molar-refractivity contribution is 0.0900. The average Bonchev–Trinajstić information content (AvgIpc) is 3.33. The molecular weight excluding hydrogens is 371 g/mol. The van der Waals surface area contributed by atoms with Gasteiger partial charge in [0, 0.05) is 17.7 Å². The van der Waals surface area contributed by atoms with E-state index in [0.29, 0.717) is 11.3 Å². The van der Waals surface area contributed by atoms with Crippen molar-refractivity contribution in [2.45, 2.75) is 32.9 Å². The second kappa shape index (κ2) is 7.50. The smallest absolute Gasteiger partial charge is 0.290 e. The zero-order valence-corrected chi connectivity index (χ0v) is 16.4. The summed E-state index contributed by atoms with van der Waals surface area (Å²) in [4.78, 5) is 17.4. The lowest BCUT2D eigenvalue weighted by Gasteiger charge is -2.18. The monoisotopic (exact) mass is 392 g/mol. The van der Waals surface area contributed by atoms with Crippen LogP contribution in [0.3, 0.4) is 0 Å². The highest BCUT2D eigenvalue weighted by Crippen LogP contribution is 2.25. The number of fused-ring (bicyclic) bond motifs is 1. The summed E-state index contributed by atoms with van der Waals surface area (Å²) < 4.78 is 20.4. The van der Waals surface area contributed by atoms with E-state index < -0.39 is 0 Å². The van der Waals surface area contributed by atoms with Crippen LogP contribution in [0.25, 0.3) is 22.3 Å². The van der Waals surface area contributed by atoms with Crippen molar-refractivity contribution in [2.75, 3.05) is 0 Å². The number of carbonyl (C=O) groups is 1. The van der Waals surface area contributed by atoms with Crippen LogP contribution in [-0.2, 0) is 0 Å². The molecule has 1 amide bonds. The highest BCUT2D eigenvalue weighted by Gasteiger charge is 2.22. The molecule has 2 heterocycles. The molecule has 2 aromatic heterocycles. The van der Waals surface area contributed by atoms with Crippen molar-refractivity contribution in [3.63, 3.8) is 0 Å². The van der Waals surface area contributed by atoms with Crippen LogP contribution in [0.15, 0.2) is 59.1 Å². The molecule has 0 saturated carbocycles. The van der Waals surface area contributed by atoms with Crippen LogP contribution in [-0.4, -0.2) is 20.6 Å². The normalized spacial score (nSPS) is 12.4. The summed E-state index contributed by atoms with van der Waals surface area (Å²) in [6.45, 7) is 6.05. The van der Waals surface area contributed by atoms with E-state index in [-0.39, 0.29) is 29.6 Å². The van der Waals surface area contributed by atoms with Crippen molar-refractivity contribution in [3.05, 3.63) is 72.0 Å². The predicted molar refractivity (Wildman–Crippen MR) is 108 cm³/mol. The molecule has 0 aliphatic rings. The van der Waals surface area contributed by atoms with Crippen molar-refractivity contribution in [3.8, 4) is 11.3 Å². The Balaban J connectivity index is 1.57. The van der Waals surface area contributed by atoms with Crippen LogP contribution >= 0.6 is 0 Å². The summed E-state index contributed by atoms with van der Waals surface area (Å²) in [5.74, 6) is 0.133. The third kappa shape index (κ3) is 3.63. The Morgan fingerprint density at radius 2 is 1.83 bits per heavy atom. The van der Waals surface area contributed by atoms with Gasteiger partial charge in [-0.05, 0) is 57.2 Å². The zero-order valence-electron chi connectivity index (χ0n) is 16.4. The number of hydrogen-bond donors (Lipinski definition) is 1. The van der Waals surface area contributed by atoms with Gasteiger partial charge < -0.3 is 14.4 Å². The van der Waals surface area contributed by atoms with E-state index in [1.165, 1.54) is 12.1 Å². The van der Waals surface area contributed by atoms with Gasteiger partial charge in [-0.25, -0.2) is 9.37 Å². The van der Waals surface area contributed by atoms with Crippen molar-refractivity contribution in [1.29, 1.82) is 0 Å². The molecule has 4 rings (SSSR count). The molecule has 0 aliphatic carbocycles. The number of imidazole rings is 1. The maximum absolute atomic E-state index is 13.1. The minimum Gasteiger partial charge on any atom is -0.350 e. The second-order valence-electron chi connectivity index (χ2n) is 7.20. The Kier molecular flexibility index (Phi) is 4.88. The molecular formula is C22H21FN4O2. The van der Waals surface area contributed by atoms with E-state index in [2.05, 4.69) is 28.9 Å². The number of benzene rings is 2. The number of halogens is 1. The van der Waals surface area contributed by atoms with Gasteiger partial charge in [0.25, 0.3) is 5.91 Å². The van der Waals surface area contributed by atoms with Crippen LogP contribution in [0, 0.1) is 5.82 Å². The Bertz CT molecular complexity index is 1160. The van der Waals surface area contributed by atoms with Gasteiger partial charge in [0.1, 0.15) is 17.3 Å². The van der Waals surface area contributed by atoms with Crippen LogP contribution in [0.4, 0.5) is 4.39 Å². The predicted octanol–water partition coefficient (Wildman–Crippen LogP) is 4.90. The molecule has 1 N–H and O–H groups in total. The van der Waals surface area contributed by atoms with Crippen molar-refractivity contribution >= 4 is 16.9 Å². The minimum absolute atomic E-state index is 0.0865. The molecule has 0 fully saturated rings. The number of aromatic nitrogens is 3. The Labute approximate surface area is 167 Å². The highest BCUT2D eigenvalue weighted by molar-refractivity contribution is 5.92. The van der Waals surface area contributed by atoms with E-state index in [1.807, 2.05) is 31.2 Å². The lowest BCUT2D eigenvalue weighted by atomic mass is 10.1. The Morgan fingerprint density at radius 3 is 2.55 bits per heavy atom. The van der Waals surface area contributed by atoms with Crippen LogP contribution in [0.1, 0.15) is 49.2 Å². The summed E-state index contributed by atoms with van der Waals surface area (Å²) in [5.41, 5.74) is 3.05. The Hall–Kier alpha value is -3.48.